The molecule has 0 radical (unpaired) electrons. The van der Waals surface area contributed by atoms with Crippen molar-refractivity contribution in [2.45, 2.75) is 64.6 Å². The third kappa shape index (κ3) is 4.62. The molecule has 3 aromatic rings. The summed E-state index contributed by atoms with van der Waals surface area (Å²) in [5.41, 5.74) is 5.55. The monoisotopic (exact) mass is 516 g/mol. The molecule has 4 nitrogen and oxygen atoms in total. The van der Waals surface area contributed by atoms with Crippen molar-refractivity contribution in [3.05, 3.63) is 82.7 Å². The molecule has 0 aromatic heterocycles. The summed E-state index contributed by atoms with van der Waals surface area (Å²) in [6, 6.07) is 17.1. The number of aryl methyl sites for hydroxylation is 1. The molecule has 1 fully saturated rings. The van der Waals surface area contributed by atoms with Crippen LogP contribution in [0.1, 0.15) is 68.4 Å². The van der Waals surface area contributed by atoms with E-state index < -0.39 is 0 Å². The zero-order valence-electron chi connectivity index (χ0n) is 23.0. The van der Waals surface area contributed by atoms with Crippen LogP contribution in [0, 0.1) is 17.2 Å². The van der Waals surface area contributed by atoms with E-state index in [1.165, 1.54) is 17.2 Å². The second-order valence-electron chi connectivity index (χ2n) is 11.8. The molecular formula is C33H37FO4. The first-order valence-corrected chi connectivity index (χ1v) is 13.4. The van der Waals surface area contributed by atoms with E-state index in [0.717, 1.165) is 54.4 Å². The van der Waals surface area contributed by atoms with Crippen molar-refractivity contribution in [1.82, 2.24) is 0 Å². The maximum absolute atomic E-state index is 15.0. The predicted octanol–water partition coefficient (Wildman–Crippen LogP) is 7.61. The number of methoxy groups -OCH3 is 2. The van der Waals surface area contributed by atoms with Crippen LogP contribution in [0.2, 0.25) is 0 Å². The lowest BCUT2D eigenvalue weighted by Gasteiger charge is -2.45. The van der Waals surface area contributed by atoms with Crippen LogP contribution in [0.3, 0.4) is 0 Å². The summed E-state index contributed by atoms with van der Waals surface area (Å²) in [6.45, 7) is 6.72. The van der Waals surface area contributed by atoms with Crippen molar-refractivity contribution in [3.63, 3.8) is 0 Å². The van der Waals surface area contributed by atoms with Gasteiger partial charge in [-0.2, -0.15) is 0 Å². The van der Waals surface area contributed by atoms with Gasteiger partial charge in [0.1, 0.15) is 30.2 Å². The number of hydrogen-bond donors (Lipinski definition) is 0. The van der Waals surface area contributed by atoms with Crippen molar-refractivity contribution >= 4 is 6.29 Å². The number of carbonyl (C=O) groups excluding carboxylic acids is 1. The van der Waals surface area contributed by atoms with Gasteiger partial charge in [-0.3, -0.25) is 0 Å². The maximum atomic E-state index is 15.0. The van der Waals surface area contributed by atoms with Gasteiger partial charge in [0.05, 0.1) is 13.2 Å². The Labute approximate surface area is 225 Å². The van der Waals surface area contributed by atoms with Crippen LogP contribution < -0.4 is 9.47 Å². The minimum absolute atomic E-state index is 0.00444. The molecule has 1 saturated carbocycles. The van der Waals surface area contributed by atoms with Gasteiger partial charge in [-0.05, 0) is 95.3 Å². The third-order valence-corrected chi connectivity index (χ3v) is 8.52. The maximum Gasteiger partial charge on any atom is 0.131 e. The molecular weight excluding hydrogens is 479 g/mol. The van der Waals surface area contributed by atoms with E-state index in [2.05, 4.69) is 39.0 Å². The highest BCUT2D eigenvalue weighted by molar-refractivity contribution is 5.70. The van der Waals surface area contributed by atoms with E-state index in [0.29, 0.717) is 17.9 Å². The standard InChI is InChI=1S/C33H37FO4/c1-32(2,3)31(37-5)28-16-21(6-10-26(28)27-17-24(36-4)9-11-30(27)34)20-38-25-8-7-22-12-14-33(29(22)18-25)15-13-23(33)19-35/h6-11,16-19,23,31H,12-15,20H2,1-5H3/t23-,31+,33+/m0/s1. The lowest BCUT2D eigenvalue weighted by molar-refractivity contribution is -0.116. The number of hydrogen-bond acceptors (Lipinski definition) is 4. The second kappa shape index (κ2) is 10.2. The van der Waals surface area contributed by atoms with E-state index in [4.69, 9.17) is 14.2 Å². The Morgan fingerprint density at radius 1 is 1.00 bits per heavy atom. The summed E-state index contributed by atoms with van der Waals surface area (Å²) in [4.78, 5) is 11.7. The molecule has 5 heteroatoms. The summed E-state index contributed by atoms with van der Waals surface area (Å²) in [6.07, 6.45) is 5.00. The molecule has 0 saturated heterocycles. The van der Waals surface area contributed by atoms with Gasteiger partial charge in [0.2, 0.25) is 0 Å². The van der Waals surface area contributed by atoms with Crippen molar-refractivity contribution in [3.8, 4) is 22.6 Å². The summed E-state index contributed by atoms with van der Waals surface area (Å²) >= 11 is 0. The average molecular weight is 517 g/mol. The molecule has 38 heavy (non-hydrogen) atoms. The smallest absolute Gasteiger partial charge is 0.131 e. The van der Waals surface area contributed by atoms with Gasteiger partial charge in [-0.15, -0.1) is 0 Å². The first-order valence-electron chi connectivity index (χ1n) is 13.4. The fourth-order valence-corrected chi connectivity index (χ4v) is 6.44. The Morgan fingerprint density at radius 3 is 2.45 bits per heavy atom. The lowest BCUT2D eigenvalue weighted by atomic mass is 9.58. The summed E-state index contributed by atoms with van der Waals surface area (Å²) < 4.78 is 32.6. The second-order valence-corrected chi connectivity index (χ2v) is 11.8. The van der Waals surface area contributed by atoms with Gasteiger partial charge < -0.3 is 19.0 Å². The van der Waals surface area contributed by atoms with E-state index in [1.54, 1.807) is 26.4 Å². The van der Waals surface area contributed by atoms with E-state index >= 15 is 4.39 Å². The molecule has 5 rings (SSSR count). The zero-order valence-corrected chi connectivity index (χ0v) is 23.0. The third-order valence-electron chi connectivity index (χ3n) is 8.52. The Hall–Kier alpha value is -3.18. The van der Waals surface area contributed by atoms with Gasteiger partial charge >= 0.3 is 0 Å². The van der Waals surface area contributed by atoms with Crippen molar-refractivity contribution in [2.24, 2.45) is 11.3 Å². The highest BCUT2D eigenvalue weighted by Crippen LogP contribution is 2.56. The van der Waals surface area contributed by atoms with E-state index in [9.17, 15) is 4.79 Å². The first-order chi connectivity index (χ1) is 18.2. The zero-order chi connectivity index (χ0) is 27.1. The van der Waals surface area contributed by atoms with Gasteiger partial charge in [0, 0.05) is 24.0 Å². The molecule has 0 aliphatic heterocycles. The molecule has 3 aromatic carbocycles. The van der Waals surface area contributed by atoms with Gasteiger partial charge in [0.15, 0.2) is 0 Å². The summed E-state index contributed by atoms with van der Waals surface area (Å²) in [5.74, 6) is 1.22. The molecule has 0 amide bonds. The van der Waals surface area contributed by atoms with Crippen LogP contribution >= 0.6 is 0 Å². The van der Waals surface area contributed by atoms with Crippen LogP contribution in [0.25, 0.3) is 11.1 Å². The van der Waals surface area contributed by atoms with Crippen LogP contribution in [0.4, 0.5) is 4.39 Å². The highest BCUT2D eigenvalue weighted by Gasteiger charge is 2.51. The quantitative estimate of drug-likeness (QED) is 0.289. The minimum Gasteiger partial charge on any atom is -0.497 e. The number of halogens is 1. The largest absolute Gasteiger partial charge is 0.497 e. The minimum atomic E-state index is -0.309. The van der Waals surface area contributed by atoms with E-state index in [1.807, 2.05) is 18.2 Å². The Bertz CT molecular complexity index is 1340. The molecule has 0 heterocycles. The average Bonchev–Trinajstić information content (AvgIpc) is 3.28. The van der Waals surface area contributed by atoms with Crippen LogP contribution in [0.5, 0.6) is 11.5 Å². The number of aldehydes is 1. The fraction of sp³-hybridized carbons (Fsp3) is 0.424. The molecule has 200 valence electrons. The van der Waals surface area contributed by atoms with Gasteiger partial charge in [-0.1, -0.05) is 39.0 Å². The van der Waals surface area contributed by atoms with Crippen molar-refractivity contribution in [2.75, 3.05) is 14.2 Å². The number of rotatable bonds is 8. The Morgan fingerprint density at radius 2 is 1.79 bits per heavy atom. The van der Waals surface area contributed by atoms with Crippen molar-refractivity contribution in [1.29, 1.82) is 0 Å². The molecule has 1 spiro atoms. The van der Waals surface area contributed by atoms with Crippen molar-refractivity contribution < 1.29 is 23.4 Å². The molecule has 2 aliphatic rings. The Kier molecular flexibility index (Phi) is 7.08. The highest BCUT2D eigenvalue weighted by atomic mass is 19.1. The molecule has 0 unspecified atom stereocenters. The molecule has 0 N–H and O–H groups in total. The normalized spacial score (nSPS) is 21.1. The molecule has 0 bridgehead atoms. The number of carbonyl (C=O) groups is 1. The summed E-state index contributed by atoms with van der Waals surface area (Å²) in [7, 11) is 3.27. The molecule has 2 aliphatic carbocycles. The topological polar surface area (TPSA) is 44.8 Å². The van der Waals surface area contributed by atoms with Gasteiger partial charge in [-0.25, -0.2) is 4.39 Å². The molecule has 3 atom stereocenters. The Balaban J connectivity index is 1.46. The SMILES string of the molecule is COc1ccc(F)c(-c2ccc(COc3ccc4c(c3)[C@]3(CC4)CC[C@H]3C=O)cc2[C@@H](OC)C(C)(C)C)c1. The lowest BCUT2D eigenvalue weighted by Crippen LogP contribution is -2.43. The predicted molar refractivity (Wildman–Crippen MR) is 147 cm³/mol. The summed E-state index contributed by atoms with van der Waals surface area (Å²) in [5, 5.41) is 0. The van der Waals surface area contributed by atoms with Crippen LogP contribution in [-0.2, 0) is 28.0 Å². The number of ether oxygens (including phenoxy) is 3. The number of fused-ring (bicyclic) bond motifs is 2. The first kappa shape index (κ1) is 26.4. The fourth-order valence-electron chi connectivity index (χ4n) is 6.44. The van der Waals surface area contributed by atoms with Crippen LogP contribution in [0.15, 0.2) is 54.6 Å². The van der Waals surface area contributed by atoms with Crippen LogP contribution in [-0.4, -0.2) is 20.5 Å². The number of benzene rings is 3. The van der Waals surface area contributed by atoms with E-state index in [-0.39, 0.29) is 28.7 Å². The van der Waals surface area contributed by atoms with Gasteiger partial charge in [0.25, 0.3) is 0 Å².